The second-order valence-corrected chi connectivity index (χ2v) is 10.0. The van der Waals surface area contributed by atoms with Crippen molar-refractivity contribution in [2.24, 2.45) is 5.92 Å². The molecule has 0 spiro atoms. The number of aromatic nitrogens is 2. The van der Waals surface area contributed by atoms with Crippen molar-refractivity contribution >= 4 is 5.69 Å². The highest BCUT2D eigenvalue weighted by atomic mass is 16.3. The van der Waals surface area contributed by atoms with Crippen LogP contribution >= 0.6 is 0 Å². The van der Waals surface area contributed by atoms with Crippen LogP contribution in [0.4, 0.5) is 5.69 Å². The van der Waals surface area contributed by atoms with Crippen molar-refractivity contribution < 1.29 is 5.11 Å². The Morgan fingerprint density at radius 3 is 2.31 bits per heavy atom. The molecule has 3 aliphatic rings. The van der Waals surface area contributed by atoms with E-state index in [-0.39, 0.29) is 5.41 Å². The largest absolute Gasteiger partial charge is 0.385 e. The number of fused-ring (bicyclic) bond motifs is 1. The van der Waals surface area contributed by atoms with E-state index < -0.39 is 6.10 Å². The van der Waals surface area contributed by atoms with E-state index in [0.29, 0.717) is 11.7 Å². The molecule has 6 rings (SSSR count). The SMILES string of the molecule is Cc1ccc(C2(c3ccc(N4CCc5cnc(C(O)C6CC6)nc5C4)cc3)CCC2)cc1. The van der Waals surface area contributed by atoms with Gasteiger partial charge in [0.05, 0.1) is 12.2 Å². The quantitative estimate of drug-likeness (QED) is 0.606. The van der Waals surface area contributed by atoms with Gasteiger partial charge in [0.25, 0.3) is 0 Å². The highest BCUT2D eigenvalue weighted by Crippen LogP contribution is 2.49. The van der Waals surface area contributed by atoms with Crippen molar-refractivity contribution in [3.63, 3.8) is 0 Å². The maximum Gasteiger partial charge on any atom is 0.157 e. The molecule has 0 amide bonds. The summed E-state index contributed by atoms with van der Waals surface area (Å²) in [6.45, 7) is 3.91. The highest BCUT2D eigenvalue weighted by Gasteiger charge is 2.40. The van der Waals surface area contributed by atoms with Gasteiger partial charge < -0.3 is 10.0 Å². The Hall–Kier alpha value is -2.72. The molecule has 2 fully saturated rings. The number of nitrogens with zero attached hydrogens (tertiary/aromatic N) is 3. The van der Waals surface area contributed by atoms with Gasteiger partial charge in [-0.15, -0.1) is 0 Å². The molecule has 1 N–H and O–H groups in total. The highest BCUT2D eigenvalue weighted by molar-refractivity contribution is 5.53. The predicted molar refractivity (Wildman–Crippen MR) is 127 cm³/mol. The van der Waals surface area contributed by atoms with Crippen LogP contribution in [0.1, 0.15) is 72.0 Å². The minimum atomic E-state index is -0.504. The number of aliphatic hydroxyl groups excluding tert-OH is 1. The molecule has 2 saturated carbocycles. The molecule has 1 unspecified atom stereocenters. The molecule has 1 aromatic heterocycles. The zero-order valence-electron chi connectivity index (χ0n) is 18.8. The third-order valence-electron chi connectivity index (χ3n) is 7.89. The normalized spacial score (nSPS) is 20.4. The smallest absolute Gasteiger partial charge is 0.157 e. The lowest BCUT2D eigenvalue weighted by molar-refractivity contribution is 0.143. The van der Waals surface area contributed by atoms with E-state index in [1.54, 1.807) is 0 Å². The van der Waals surface area contributed by atoms with Gasteiger partial charge in [-0.2, -0.15) is 0 Å². The van der Waals surface area contributed by atoms with Gasteiger partial charge in [-0.3, -0.25) is 0 Å². The molecule has 4 nitrogen and oxygen atoms in total. The van der Waals surface area contributed by atoms with E-state index in [2.05, 4.69) is 65.3 Å². The summed E-state index contributed by atoms with van der Waals surface area (Å²) in [6, 6.07) is 18.4. The first kappa shape index (κ1) is 19.9. The maximum atomic E-state index is 10.5. The van der Waals surface area contributed by atoms with Gasteiger partial charge in [-0.25, -0.2) is 9.97 Å². The van der Waals surface area contributed by atoms with Gasteiger partial charge in [-0.05, 0) is 73.8 Å². The number of hydrogen-bond acceptors (Lipinski definition) is 4. The van der Waals surface area contributed by atoms with Crippen LogP contribution in [-0.2, 0) is 18.4 Å². The zero-order valence-corrected chi connectivity index (χ0v) is 18.8. The summed E-state index contributed by atoms with van der Waals surface area (Å²) in [5.74, 6) is 0.959. The van der Waals surface area contributed by atoms with E-state index in [1.807, 2.05) is 6.20 Å². The maximum absolute atomic E-state index is 10.5. The fraction of sp³-hybridized carbons (Fsp3) is 0.429. The van der Waals surface area contributed by atoms with Crippen molar-refractivity contribution in [1.29, 1.82) is 0 Å². The third-order valence-corrected chi connectivity index (χ3v) is 7.89. The fourth-order valence-corrected chi connectivity index (χ4v) is 5.44. The average Bonchev–Trinajstić information content (AvgIpc) is 3.64. The van der Waals surface area contributed by atoms with Crippen molar-refractivity contribution in [2.75, 3.05) is 11.4 Å². The second kappa shape index (κ2) is 7.70. The molecular weight excluding hydrogens is 394 g/mol. The standard InChI is InChI=1S/C28H31N3O/c1-19-3-7-22(8-4-19)28(14-2-15-28)23-9-11-24(12-10-23)31-16-13-21-17-29-27(30-25(21)18-31)26(32)20-5-6-20/h3-4,7-12,17,20,26,32H,2,5-6,13-16,18H2,1H3. The summed E-state index contributed by atoms with van der Waals surface area (Å²) in [5, 5.41) is 10.5. The minimum absolute atomic E-state index is 0.182. The van der Waals surface area contributed by atoms with Crippen LogP contribution in [0.25, 0.3) is 0 Å². The zero-order chi connectivity index (χ0) is 21.7. The van der Waals surface area contributed by atoms with Gasteiger partial charge in [0.15, 0.2) is 5.82 Å². The molecule has 0 saturated heterocycles. The first-order valence-corrected chi connectivity index (χ1v) is 12.1. The Bertz CT molecular complexity index is 1110. The number of anilines is 1. The number of hydrogen-bond donors (Lipinski definition) is 1. The minimum Gasteiger partial charge on any atom is -0.385 e. The van der Waals surface area contributed by atoms with E-state index >= 15 is 0 Å². The number of rotatable bonds is 5. The monoisotopic (exact) mass is 425 g/mol. The van der Waals surface area contributed by atoms with E-state index in [0.717, 1.165) is 38.0 Å². The Morgan fingerprint density at radius 1 is 1.00 bits per heavy atom. The van der Waals surface area contributed by atoms with Gasteiger partial charge in [0, 0.05) is 23.8 Å². The Kier molecular flexibility index (Phi) is 4.80. The van der Waals surface area contributed by atoms with E-state index in [4.69, 9.17) is 4.98 Å². The van der Waals surface area contributed by atoms with Gasteiger partial charge in [-0.1, -0.05) is 48.4 Å². The molecule has 2 aliphatic carbocycles. The summed E-state index contributed by atoms with van der Waals surface area (Å²) in [7, 11) is 0. The van der Waals surface area contributed by atoms with Crippen LogP contribution in [0.3, 0.4) is 0 Å². The number of aryl methyl sites for hydroxylation is 1. The molecule has 32 heavy (non-hydrogen) atoms. The first-order valence-electron chi connectivity index (χ1n) is 12.1. The predicted octanol–water partition coefficient (Wildman–Crippen LogP) is 5.26. The lowest BCUT2D eigenvalue weighted by atomic mass is 9.60. The summed E-state index contributed by atoms with van der Waals surface area (Å²) < 4.78 is 0. The van der Waals surface area contributed by atoms with Crippen molar-refractivity contribution in [2.45, 2.75) is 63.5 Å². The Morgan fingerprint density at radius 2 is 1.69 bits per heavy atom. The molecule has 3 aromatic rings. The Labute approximate surface area is 190 Å². The lowest BCUT2D eigenvalue weighted by Crippen LogP contribution is -2.35. The topological polar surface area (TPSA) is 49.2 Å². The summed E-state index contributed by atoms with van der Waals surface area (Å²) in [6.07, 6.45) is 8.32. The molecule has 2 heterocycles. The second-order valence-electron chi connectivity index (χ2n) is 10.0. The van der Waals surface area contributed by atoms with Crippen LogP contribution in [0.15, 0.2) is 54.7 Å². The van der Waals surface area contributed by atoms with Crippen molar-refractivity contribution in [1.82, 2.24) is 9.97 Å². The van der Waals surface area contributed by atoms with Crippen LogP contribution in [0.2, 0.25) is 0 Å². The molecular formula is C28H31N3O. The molecule has 4 heteroatoms. The summed E-state index contributed by atoms with van der Waals surface area (Å²) >= 11 is 0. The van der Waals surface area contributed by atoms with Crippen LogP contribution < -0.4 is 4.90 Å². The van der Waals surface area contributed by atoms with Gasteiger partial charge in [0.2, 0.25) is 0 Å². The molecule has 1 atom stereocenters. The van der Waals surface area contributed by atoms with Crippen LogP contribution in [-0.4, -0.2) is 21.6 Å². The fourth-order valence-electron chi connectivity index (χ4n) is 5.44. The van der Waals surface area contributed by atoms with Crippen LogP contribution in [0.5, 0.6) is 0 Å². The molecule has 0 bridgehead atoms. The van der Waals surface area contributed by atoms with E-state index in [1.165, 1.54) is 47.2 Å². The van der Waals surface area contributed by atoms with Crippen molar-refractivity contribution in [3.8, 4) is 0 Å². The average molecular weight is 426 g/mol. The molecule has 164 valence electrons. The van der Waals surface area contributed by atoms with Gasteiger partial charge >= 0.3 is 0 Å². The first-order chi connectivity index (χ1) is 15.6. The van der Waals surface area contributed by atoms with E-state index in [9.17, 15) is 5.11 Å². The van der Waals surface area contributed by atoms with Crippen LogP contribution in [0, 0.1) is 12.8 Å². The lowest BCUT2D eigenvalue weighted by Gasteiger charge is -2.43. The third kappa shape index (κ3) is 3.41. The molecule has 1 aliphatic heterocycles. The summed E-state index contributed by atoms with van der Waals surface area (Å²) in [5.41, 5.74) is 7.93. The number of aliphatic hydroxyl groups is 1. The molecule has 2 aromatic carbocycles. The Balaban J connectivity index is 1.23. The summed E-state index contributed by atoms with van der Waals surface area (Å²) in [4.78, 5) is 11.6. The molecule has 0 radical (unpaired) electrons. The number of benzene rings is 2. The van der Waals surface area contributed by atoms with Gasteiger partial charge in [0.1, 0.15) is 6.10 Å². The van der Waals surface area contributed by atoms with Crippen molar-refractivity contribution in [3.05, 3.63) is 88.5 Å².